The average molecular weight is 620 g/mol. The summed E-state index contributed by atoms with van der Waals surface area (Å²) in [6, 6.07) is 26.6. The Morgan fingerprint density at radius 3 is 2.18 bits per heavy atom. The fraction of sp³-hybridized carbons (Fsp3) is 0.121. The lowest BCUT2D eigenvalue weighted by Gasteiger charge is -2.14. The number of amides is 3. The first kappa shape index (κ1) is 31.9. The Bertz CT molecular complexity index is 1660. The predicted octanol–water partition coefficient (Wildman–Crippen LogP) is 7.24. The van der Waals surface area contributed by atoms with Crippen molar-refractivity contribution in [2.45, 2.75) is 23.2 Å². The maximum Gasteiger partial charge on any atom is 0.416 e. The normalized spacial score (nSPS) is 12.2. The highest BCUT2D eigenvalue weighted by atomic mass is 32.2. The summed E-state index contributed by atoms with van der Waals surface area (Å²) in [6.07, 6.45) is -3.00. The molecule has 4 rings (SSSR count). The smallest absolute Gasteiger partial charge is 0.416 e. The van der Waals surface area contributed by atoms with E-state index in [0.29, 0.717) is 27.5 Å². The molecule has 44 heavy (non-hydrogen) atoms. The van der Waals surface area contributed by atoms with Gasteiger partial charge in [0.1, 0.15) is 11.4 Å². The molecular formula is C33H28F3N3O4S. The van der Waals surface area contributed by atoms with E-state index in [1.807, 2.05) is 0 Å². The SMILES string of the molecule is COc1ccccc1/C=C(\NC(=O)c1ccccc1)C(=O)Nc1ccc(SC(C)C(=O)Nc2cccc(C(F)(F)F)c2)cc1. The van der Waals surface area contributed by atoms with Crippen molar-refractivity contribution in [1.82, 2.24) is 5.32 Å². The third kappa shape index (κ3) is 8.74. The molecule has 0 aromatic heterocycles. The molecule has 0 radical (unpaired) electrons. The summed E-state index contributed by atoms with van der Waals surface area (Å²) in [5.74, 6) is -0.994. The summed E-state index contributed by atoms with van der Waals surface area (Å²) >= 11 is 1.20. The predicted molar refractivity (Wildman–Crippen MR) is 165 cm³/mol. The highest BCUT2D eigenvalue weighted by molar-refractivity contribution is 8.00. The van der Waals surface area contributed by atoms with Crippen molar-refractivity contribution in [2.24, 2.45) is 0 Å². The monoisotopic (exact) mass is 619 g/mol. The van der Waals surface area contributed by atoms with E-state index in [1.165, 1.54) is 37.1 Å². The van der Waals surface area contributed by atoms with Crippen molar-refractivity contribution < 1.29 is 32.3 Å². The summed E-state index contributed by atoms with van der Waals surface area (Å²) in [7, 11) is 1.50. The Labute approximate surface area is 256 Å². The molecule has 0 saturated heterocycles. The van der Waals surface area contributed by atoms with E-state index >= 15 is 0 Å². The van der Waals surface area contributed by atoms with Gasteiger partial charge in [0.2, 0.25) is 5.91 Å². The molecule has 0 fully saturated rings. The molecular weight excluding hydrogens is 591 g/mol. The van der Waals surface area contributed by atoms with E-state index < -0.39 is 34.7 Å². The second kappa shape index (κ2) is 14.4. The number of rotatable bonds is 10. The van der Waals surface area contributed by atoms with Crippen molar-refractivity contribution in [3.8, 4) is 5.75 Å². The minimum absolute atomic E-state index is 0.0123. The Morgan fingerprint density at radius 1 is 0.818 bits per heavy atom. The number of para-hydroxylation sites is 1. The zero-order valence-corrected chi connectivity index (χ0v) is 24.5. The molecule has 4 aromatic rings. The van der Waals surface area contributed by atoms with Crippen LogP contribution in [0.15, 0.2) is 114 Å². The second-order valence-corrected chi connectivity index (χ2v) is 10.8. The number of nitrogens with one attached hydrogen (secondary N) is 3. The van der Waals surface area contributed by atoms with Gasteiger partial charge in [-0.3, -0.25) is 14.4 Å². The van der Waals surface area contributed by atoms with Crippen LogP contribution in [0.2, 0.25) is 0 Å². The molecule has 3 N–H and O–H groups in total. The second-order valence-electron chi connectivity index (χ2n) is 9.43. The van der Waals surface area contributed by atoms with Crippen LogP contribution in [-0.2, 0) is 15.8 Å². The highest BCUT2D eigenvalue weighted by Crippen LogP contribution is 2.31. The molecule has 3 amide bonds. The Morgan fingerprint density at radius 2 is 1.50 bits per heavy atom. The van der Waals surface area contributed by atoms with Crippen LogP contribution < -0.4 is 20.7 Å². The molecule has 4 aromatic carbocycles. The quantitative estimate of drug-likeness (QED) is 0.128. The number of alkyl halides is 3. The molecule has 0 aliphatic heterocycles. The number of hydrogen-bond donors (Lipinski definition) is 3. The van der Waals surface area contributed by atoms with Gasteiger partial charge in [0, 0.05) is 27.4 Å². The molecule has 0 aliphatic rings. The van der Waals surface area contributed by atoms with E-state index in [1.54, 1.807) is 85.8 Å². The minimum Gasteiger partial charge on any atom is -0.496 e. The molecule has 11 heteroatoms. The Hall–Kier alpha value is -5.03. The number of anilines is 2. The Kier molecular flexibility index (Phi) is 10.5. The number of hydrogen-bond acceptors (Lipinski definition) is 5. The molecule has 7 nitrogen and oxygen atoms in total. The maximum atomic E-state index is 13.3. The standard InChI is InChI=1S/C33H28F3N3O4S/c1-21(30(40)38-26-13-8-12-24(20-26)33(34,35)36)44-27-17-15-25(16-18-27)37-32(42)28(19-23-11-6-7-14-29(23)43-2)39-31(41)22-9-4-3-5-10-22/h3-21H,1-2H3,(H,37,42)(H,38,40)(H,39,41)/b28-19-. The number of carbonyl (C=O) groups is 3. The molecule has 1 atom stereocenters. The van der Waals surface area contributed by atoms with Gasteiger partial charge in [-0.2, -0.15) is 13.2 Å². The zero-order valence-electron chi connectivity index (χ0n) is 23.6. The lowest BCUT2D eigenvalue weighted by molar-refractivity contribution is -0.137. The summed E-state index contributed by atoms with van der Waals surface area (Å²) in [6.45, 7) is 1.63. The zero-order chi connectivity index (χ0) is 31.7. The number of benzene rings is 4. The fourth-order valence-electron chi connectivity index (χ4n) is 3.97. The number of ether oxygens (including phenoxy) is 1. The maximum absolute atomic E-state index is 13.3. The van der Waals surface area contributed by atoms with Gasteiger partial charge < -0.3 is 20.7 Å². The fourth-order valence-corrected chi connectivity index (χ4v) is 4.84. The van der Waals surface area contributed by atoms with Crippen LogP contribution in [0.1, 0.15) is 28.4 Å². The van der Waals surface area contributed by atoms with Crippen molar-refractivity contribution in [2.75, 3.05) is 17.7 Å². The van der Waals surface area contributed by atoms with E-state index in [0.717, 1.165) is 12.1 Å². The molecule has 226 valence electrons. The lowest BCUT2D eigenvalue weighted by Crippen LogP contribution is -2.30. The van der Waals surface area contributed by atoms with E-state index in [2.05, 4.69) is 16.0 Å². The van der Waals surface area contributed by atoms with E-state index in [4.69, 9.17) is 4.74 Å². The van der Waals surface area contributed by atoms with Gasteiger partial charge in [-0.1, -0.05) is 42.5 Å². The number of carbonyl (C=O) groups excluding carboxylic acids is 3. The van der Waals surface area contributed by atoms with Gasteiger partial charge in [0.15, 0.2) is 0 Å². The highest BCUT2D eigenvalue weighted by Gasteiger charge is 2.30. The topological polar surface area (TPSA) is 96.5 Å². The molecule has 0 heterocycles. The molecule has 0 saturated carbocycles. The first-order valence-corrected chi connectivity index (χ1v) is 14.2. The van der Waals surface area contributed by atoms with Gasteiger partial charge in [-0.25, -0.2) is 0 Å². The third-order valence-electron chi connectivity index (χ3n) is 6.22. The largest absolute Gasteiger partial charge is 0.496 e. The summed E-state index contributed by atoms with van der Waals surface area (Å²) in [4.78, 5) is 39.5. The van der Waals surface area contributed by atoms with Crippen molar-refractivity contribution in [3.05, 3.63) is 126 Å². The number of thioether (sulfide) groups is 1. The summed E-state index contributed by atoms with van der Waals surface area (Å²) < 4.78 is 44.4. The number of halogens is 3. The van der Waals surface area contributed by atoms with Crippen LogP contribution in [0.3, 0.4) is 0 Å². The first-order chi connectivity index (χ1) is 21.0. The van der Waals surface area contributed by atoms with E-state index in [-0.39, 0.29) is 11.4 Å². The van der Waals surface area contributed by atoms with Crippen molar-refractivity contribution in [1.29, 1.82) is 0 Å². The summed E-state index contributed by atoms with van der Waals surface area (Å²) in [5, 5.41) is 7.33. The Balaban J connectivity index is 1.44. The summed E-state index contributed by atoms with van der Waals surface area (Å²) in [5.41, 5.74) is 0.568. The third-order valence-corrected chi connectivity index (χ3v) is 7.33. The molecule has 0 bridgehead atoms. The van der Waals surface area contributed by atoms with Gasteiger partial charge in [0.05, 0.1) is 17.9 Å². The minimum atomic E-state index is -4.52. The van der Waals surface area contributed by atoms with Crippen LogP contribution >= 0.6 is 11.8 Å². The van der Waals surface area contributed by atoms with Crippen molar-refractivity contribution in [3.63, 3.8) is 0 Å². The van der Waals surface area contributed by atoms with Crippen LogP contribution in [0.25, 0.3) is 6.08 Å². The van der Waals surface area contributed by atoms with Crippen LogP contribution in [0.4, 0.5) is 24.5 Å². The van der Waals surface area contributed by atoms with E-state index in [9.17, 15) is 27.6 Å². The van der Waals surface area contributed by atoms with Crippen LogP contribution in [0, 0.1) is 0 Å². The van der Waals surface area contributed by atoms with Crippen molar-refractivity contribution >= 4 is 46.9 Å². The van der Waals surface area contributed by atoms with Gasteiger partial charge in [-0.15, -0.1) is 11.8 Å². The average Bonchev–Trinajstić information content (AvgIpc) is 3.02. The molecule has 0 aliphatic carbocycles. The number of methoxy groups -OCH3 is 1. The van der Waals surface area contributed by atoms with Gasteiger partial charge in [0.25, 0.3) is 11.8 Å². The van der Waals surface area contributed by atoms with Crippen LogP contribution in [-0.4, -0.2) is 30.1 Å². The molecule has 1 unspecified atom stereocenters. The van der Waals surface area contributed by atoms with Gasteiger partial charge in [-0.05, 0) is 73.7 Å². The lowest BCUT2D eigenvalue weighted by atomic mass is 10.1. The molecule has 0 spiro atoms. The van der Waals surface area contributed by atoms with Gasteiger partial charge >= 0.3 is 6.18 Å². The first-order valence-electron chi connectivity index (χ1n) is 13.3. The van der Waals surface area contributed by atoms with Crippen LogP contribution in [0.5, 0.6) is 5.75 Å².